The second-order valence-electron chi connectivity index (χ2n) is 7.61. The van der Waals surface area contributed by atoms with Gasteiger partial charge in [0.2, 0.25) is 0 Å². The summed E-state index contributed by atoms with van der Waals surface area (Å²) in [5.74, 6) is -0.894. The average Bonchev–Trinajstić information content (AvgIpc) is 3.56. The molecule has 2 aliphatic heterocycles. The lowest BCUT2D eigenvalue weighted by molar-refractivity contribution is -0.0643. The zero-order valence-electron chi connectivity index (χ0n) is 14.8. The number of halogens is 3. The molecule has 2 saturated heterocycles. The van der Waals surface area contributed by atoms with Gasteiger partial charge in [0.05, 0.1) is 11.2 Å². The fourth-order valence-electron chi connectivity index (χ4n) is 3.75. The molecular weight excluding hydrogens is 357 g/mol. The average molecular weight is 376 g/mol. The third-order valence-corrected chi connectivity index (χ3v) is 5.58. The van der Waals surface area contributed by atoms with Gasteiger partial charge in [-0.1, -0.05) is 6.07 Å². The van der Waals surface area contributed by atoms with Crippen molar-refractivity contribution in [3.63, 3.8) is 0 Å². The Hall–Kier alpha value is -1.96. The van der Waals surface area contributed by atoms with Gasteiger partial charge in [-0.05, 0) is 49.1 Å². The SMILES string of the molecule is Cc1ncc(-c2ccc(F)c(C(F)F)c2)cc1CN1CC2(CC2)OC2OC21. The molecule has 0 amide bonds. The van der Waals surface area contributed by atoms with Gasteiger partial charge >= 0.3 is 0 Å². The van der Waals surface area contributed by atoms with Crippen LogP contribution in [0.5, 0.6) is 0 Å². The number of epoxide rings is 1. The van der Waals surface area contributed by atoms with Crippen LogP contribution in [0.25, 0.3) is 11.1 Å². The lowest BCUT2D eigenvalue weighted by Crippen LogP contribution is -2.43. The van der Waals surface area contributed by atoms with Crippen molar-refractivity contribution in [3.8, 4) is 11.1 Å². The van der Waals surface area contributed by atoms with Gasteiger partial charge in [0, 0.05) is 30.5 Å². The number of nitrogens with zero attached hydrogens (tertiary/aromatic N) is 2. The summed E-state index contributed by atoms with van der Waals surface area (Å²) in [5.41, 5.74) is 2.46. The number of benzene rings is 1. The topological polar surface area (TPSA) is 37.9 Å². The van der Waals surface area contributed by atoms with Crippen molar-refractivity contribution >= 4 is 0 Å². The molecule has 3 fully saturated rings. The lowest BCUT2D eigenvalue weighted by atomic mass is 10.0. The van der Waals surface area contributed by atoms with Gasteiger partial charge in [-0.15, -0.1) is 0 Å². The minimum absolute atomic E-state index is 0.0180. The van der Waals surface area contributed by atoms with Crippen LogP contribution in [-0.2, 0) is 16.0 Å². The monoisotopic (exact) mass is 376 g/mol. The molecule has 0 bridgehead atoms. The molecule has 2 atom stereocenters. The minimum atomic E-state index is -2.85. The highest BCUT2D eigenvalue weighted by Gasteiger charge is 2.60. The first-order valence-corrected chi connectivity index (χ1v) is 9.05. The number of hydrogen-bond donors (Lipinski definition) is 0. The van der Waals surface area contributed by atoms with E-state index >= 15 is 0 Å². The first kappa shape index (κ1) is 17.2. The summed E-state index contributed by atoms with van der Waals surface area (Å²) in [6.45, 7) is 3.40. The molecule has 1 spiro atoms. The predicted octanol–water partition coefficient (Wildman–Crippen LogP) is 4.18. The Morgan fingerprint density at radius 3 is 2.81 bits per heavy atom. The number of aryl methyl sites for hydroxylation is 1. The summed E-state index contributed by atoms with van der Waals surface area (Å²) in [7, 11) is 0. The Labute approximate surface area is 154 Å². The number of ether oxygens (including phenoxy) is 2. The summed E-state index contributed by atoms with van der Waals surface area (Å²) < 4.78 is 51.1. The Kier molecular flexibility index (Phi) is 3.83. The van der Waals surface area contributed by atoms with E-state index in [-0.39, 0.29) is 18.1 Å². The zero-order valence-corrected chi connectivity index (χ0v) is 14.8. The molecule has 4 nitrogen and oxygen atoms in total. The third-order valence-electron chi connectivity index (χ3n) is 5.58. The molecule has 1 aromatic carbocycles. The van der Waals surface area contributed by atoms with Crippen LogP contribution in [0.4, 0.5) is 13.2 Å². The van der Waals surface area contributed by atoms with Crippen molar-refractivity contribution in [3.05, 3.63) is 53.1 Å². The maximum Gasteiger partial charge on any atom is 0.266 e. The number of hydrogen-bond acceptors (Lipinski definition) is 4. The van der Waals surface area contributed by atoms with Crippen molar-refractivity contribution in [2.75, 3.05) is 6.54 Å². The highest BCUT2D eigenvalue weighted by Crippen LogP contribution is 2.50. The standard InChI is InChI=1S/C20H19F3N2O2/c1-11-14(9-25-10-20(4-5-20)27-19-18(25)26-19)6-13(8-24-11)12-2-3-16(21)15(7-12)17(22)23/h2-3,6-8,17-19H,4-5,9-10H2,1H3. The maximum absolute atomic E-state index is 13.6. The number of aromatic nitrogens is 1. The van der Waals surface area contributed by atoms with E-state index in [9.17, 15) is 13.2 Å². The molecule has 0 N–H and O–H groups in total. The Balaban J connectivity index is 1.42. The Morgan fingerprint density at radius 1 is 1.26 bits per heavy atom. The molecule has 3 heterocycles. The maximum atomic E-state index is 13.6. The number of morpholine rings is 1. The van der Waals surface area contributed by atoms with Crippen molar-refractivity contribution in [2.24, 2.45) is 0 Å². The number of rotatable bonds is 4. The first-order valence-electron chi connectivity index (χ1n) is 9.05. The van der Waals surface area contributed by atoms with E-state index in [4.69, 9.17) is 9.47 Å². The lowest BCUT2D eigenvalue weighted by Gasteiger charge is -2.30. The summed E-state index contributed by atoms with van der Waals surface area (Å²) in [5, 5.41) is 0. The van der Waals surface area contributed by atoms with Gasteiger partial charge in [-0.2, -0.15) is 0 Å². The third kappa shape index (κ3) is 3.13. The first-order chi connectivity index (χ1) is 12.9. The van der Waals surface area contributed by atoms with Gasteiger partial charge in [-0.3, -0.25) is 9.88 Å². The fraction of sp³-hybridized carbons (Fsp3) is 0.450. The van der Waals surface area contributed by atoms with E-state index in [1.54, 1.807) is 6.20 Å². The quantitative estimate of drug-likeness (QED) is 0.751. The largest absolute Gasteiger partial charge is 0.341 e. The summed E-state index contributed by atoms with van der Waals surface area (Å²) in [4.78, 5) is 6.68. The normalized spacial score (nSPS) is 25.7. The molecule has 2 unspecified atom stereocenters. The minimum Gasteiger partial charge on any atom is -0.341 e. The molecule has 2 aromatic rings. The smallest absolute Gasteiger partial charge is 0.266 e. The summed E-state index contributed by atoms with van der Waals surface area (Å²) in [6.07, 6.45) is 0.742. The molecule has 5 rings (SSSR count). The van der Waals surface area contributed by atoms with Crippen molar-refractivity contribution < 1.29 is 22.6 Å². The summed E-state index contributed by atoms with van der Waals surface area (Å²) >= 11 is 0. The van der Waals surface area contributed by atoms with Crippen LogP contribution < -0.4 is 0 Å². The Morgan fingerprint density at radius 2 is 2.07 bits per heavy atom. The number of fused-ring (bicyclic) bond motifs is 1. The second-order valence-corrected chi connectivity index (χ2v) is 7.61. The van der Waals surface area contributed by atoms with Crippen LogP contribution in [0, 0.1) is 12.7 Å². The van der Waals surface area contributed by atoms with Gasteiger partial charge < -0.3 is 9.47 Å². The molecule has 7 heteroatoms. The van der Waals surface area contributed by atoms with Gasteiger partial charge in [0.15, 0.2) is 12.5 Å². The van der Waals surface area contributed by atoms with E-state index in [1.165, 1.54) is 12.1 Å². The van der Waals surface area contributed by atoms with Crippen molar-refractivity contribution in [1.82, 2.24) is 9.88 Å². The molecule has 1 aliphatic carbocycles. The van der Waals surface area contributed by atoms with E-state index in [0.29, 0.717) is 17.7 Å². The predicted molar refractivity (Wildman–Crippen MR) is 91.4 cm³/mol. The van der Waals surface area contributed by atoms with Gasteiger partial charge in [0.1, 0.15) is 5.82 Å². The highest BCUT2D eigenvalue weighted by molar-refractivity contribution is 5.64. The zero-order chi connectivity index (χ0) is 18.8. The van der Waals surface area contributed by atoms with Gasteiger partial charge in [0.25, 0.3) is 6.43 Å². The highest BCUT2D eigenvalue weighted by atomic mass is 19.3. The Bertz CT molecular complexity index is 901. The molecule has 142 valence electrons. The van der Waals surface area contributed by atoms with Crippen LogP contribution >= 0.6 is 0 Å². The molecule has 1 saturated carbocycles. The van der Waals surface area contributed by atoms with E-state index < -0.39 is 17.8 Å². The van der Waals surface area contributed by atoms with E-state index in [0.717, 1.165) is 36.7 Å². The molecule has 3 aliphatic rings. The van der Waals surface area contributed by atoms with E-state index in [1.807, 2.05) is 13.0 Å². The second kappa shape index (κ2) is 6.02. The van der Waals surface area contributed by atoms with Crippen LogP contribution in [0.1, 0.15) is 36.1 Å². The molecule has 27 heavy (non-hydrogen) atoms. The fourth-order valence-corrected chi connectivity index (χ4v) is 3.75. The van der Waals surface area contributed by atoms with Crippen LogP contribution in [0.2, 0.25) is 0 Å². The summed E-state index contributed by atoms with van der Waals surface area (Å²) in [6, 6.07) is 5.73. The van der Waals surface area contributed by atoms with Crippen molar-refractivity contribution in [2.45, 2.75) is 50.9 Å². The number of alkyl halides is 2. The van der Waals surface area contributed by atoms with Crippen LogP contribution in [0.3, 0.4) is 0 Å². The molecule has 1 aromatic heterocycles. The van der Waals surface area contributed by atoms with Gasteiger partial charge in [-0.25, -0.2) is 13.2 Å². The molecule has 0 radical (unpaired) electrons. The van der Waals surface area contributed by atoms with Crippen LogP contribution in [-0.4, -0.2) is 34.5 Å². The number of pyridine rings is 1. The molecular formula is C20H19F3N2O2. The van der Waals surface area contributed by atoms with Crippen molar-refractivity contribution in [1.29, 1.82) is 0 Å². The van der Waals surface area contributed by atoms with E-state index in [2.05, 4.69) is 9.88 Å². The van der Waals surface area contributed by atoms with Crippen LogP contribution in [0.15, 0.2) is 30.5 Å².